The molecule has 0 unspecified atom stereocenters. The van der Waals surface area contributed by atoms with Crippen LogP contribution in [-0.2, 0) is 25.7 Å². The van der Waals surface area contributed by atoms with E-state index >= 15 is 0 Å². The van der Waals surface area contributed by atoms with Gasteiger partial charge in [0.25, 0.3) is 5.91 Å². The normalized spacial score (nSPS) is 14.2. The van der Waals surface area contributed by atoms with Crippen molar-refractivity contribution in [3.63, 3.8) is 0 Å². The van der Waals surface area contributed by atoms with E-state index in [0.717, 1.165) is 0 Å². The maximum Gasteiger partial charge on any atom is 0.327 e. The summed E-state index contributed by atoms with van der Waals surface area (Å²) in [7, 11) is 1.28. The lowest BCUT2D eigenvalue weighted by Gasteiger charge is -2.10. The van der Waals surface area contributed by atoms with Crippen LogP contribution in [0.15, 0.2) is 17.5 Å². The lowest BCUT2D eigenvalue weighted by atomic mass is 10.1. The molecule has 2 rings (SSSR count). The molecule has 1 aromatic heterocycles. The van der Waals surface area contributed by atoms with E-state index in [0.29, 0.717) is 5.69 Å². The molecule has 20 heavy (non-hydrogen) atoms. The fourth-order valence-corrected chi connectivity index (χ4v) is 1.55. The Hall–Kier alpha value is -2.71. The minimum atomic E-state index is -0.439. The second-order valence-corrected chi connectivity index (χ2v) is 4.05. The van der Waals surface area contributed by atoms with Gasteiger partial charge < -0.3 is 10.1 Å². The second-order valence-electron chi connectivity index (χ2n) is 4.05. The highest BCUT2D eigenvalue weighted by molar-refractivity contribution is 6.43. The third-order valence-corrected chi connectivity index (χ3v) is 2.58. The Bertz CT molecular complexity index is 577. The molecule has 0 atom stereocenters. The fourth-order valence-electron chi connectivity index (χ4n) is 1.55. The van der Waals surface area contributed by atoms with Crippen molar-refractivity contribution in [2.45, 2.75) is 19.4 Å². The summed E-state index contributed by atoms with van der Waals surface area (Å²) in [5.41, 5.74) is 2.91. The molecule has 0 bridgehead atoms. The van der Waals surface area contributed by atoms with Crippen molar-refractivity contribution in [3.05, 3.63) is 12.4 Å². The van der Waals surface area contributed by atoms with Crippen LogP contribution in [0, 0.1) is 0 Å². The van der Waals surface area contributed by atoms with Crippen LogP contribution in [0.2, 0.25) is 0 Å². The Morgan fingerprint density at radius 1 is 1.50 bits per heavy atom. The molecule has 9 nitrogen and oxygen atoms in total. The molecule has 106 valence electrons. The number of hydrogen-bond acceptors (Lipinski definition) is 6. The maximum atomic E-state index is 11.8. The molecule has 0 saturated heterocycles. The van der Waals surface area contributed by atoms with Gasteiger partial charge in [-0.15, -0.1) is 0 Å². The molecule has 2 amide bonds. The summed E-state index contributed by atoms with van der Waals surface area (Å²) in [6.07, 6.45) is 3.42. The van der Waals surface area contributed by atoms with Crippen LogP contribution < -0.4 is 10.7 Å². The monoisotopic (exact) mass is 279 g/mol. The van der Waals surface area contributed by atoms with Gasteiger partial charge in [-0.2, -0.15) is 10.2 Å². The molecule has 9 heteroatoms. The number of amides is 2. The highest BCUT2D eigenvalue weighted by Crippen LogP contribution is 2.07. The lowest BCUT2D eigenvalue weighted by molar-refractivity contribution is -0.141. The van der Waals surface area contributed by atoms with Crippen LogP contribution >= 0.6 is 0 Å². The molecule has 0 saturated carbocycles. The van der Waals surface area contributed by atoms with Crippen molar-refractivity contribution in [2.24, 2.45) is 5.10 Å². The van der Waals surface area contributed by atoms with Gasteiger partial charge in [0, 0.05) is 19.0 Å². The predicted octanol–water partition coefficient (Wildman–Crippen LogP) is -0.739. The van der Waals surface area contributed by atoms with Crippen LogP contribution in [0.5, 0.6) is 0 Å². The van der Waals surface area contributed by atoms with Crippen LogP contribution in [0.4, 0.5) is 5.69 Å². The summed E-state index contributed by atoms with van der Waals surface area (Å²) < 4.78 is 5.84. The van der Waals surface area contributed by atoms with Crippen molar-refractivity contribution in [1.29, 1.82) is 0 Å². The highest BCUT2D eigenvalue weighted by atomic mass is 16.5. The number of ether oxygens (including phenoxy) is 1. The Kier molecular flexibility index (Phi) is 4.08. The van der Waals surface area contributed by atoms with Gasteiger partial charge in [-0.25, -0.2) is 5.43 Å². The standard InChI is InChI=1S/C11H13N5O4/c1-20-10(18)6-16-5-7(4-12-16)13-11(19)8-2-3-9(17)15-14-8/h4-5H,2-3,6H2,1H3,(H,13,19)(H,15,17). The summed E-state index contributed by atoms with van der Waals surface area (Å²) in [4.78, 5) is 33.8. The molecule has 2 N–H and O–H groups in total. The minimum absolute atomic E-state index is 0.0383. The van der Waals surface area contributed by atoms with E-state index < -0.39 is 11.9 Å². The third kappa shape index (κ3) is 3.40. The lowest BCUT2D eigenvalue weighted by Crippen LogP contribution is -2.32. The fraction of sp³-hybridized carbons (Fsp3) is 0.364. The smallest absolute Gasteiger partial charge is 0.327 e. The zero-order chi connectivity index (χ0) is 14.5. The average Bonchev–Trinajstić information content (AvgIpc) is 2.86. The molecular weight excluding hydrogens is 266 g/mol. The summed E-state index contributed by atoms with van der Waals surface area (Å²) in [5.74, 6) is -1.07. The quantitative estimate of drug-likeness (QED) is 0.704. The number of carbonyl (C=O) groups is 3. The molecule has 0 spiro atoms. The number of nitrogens with one attached hydrogen (secondary N) is 2. The number of carbonyl (C=O) groups excluding carboxylic acids is 3. The molecular formula is C11H13N5O4. The van der Waals surface area contributed by atoms with Crippen molar-refractivity contribution in [1.82, 2.24) is 15.2 Å². The Morgan fingerprint density at radius 2 is 2.30 bits per heavy atom. The van der Waals surface area contributed by atoms with Crippen molar-refractivity contribution >= 4 is 29.2 Å². The second kappa shape index (κ2) is 5.95. The van der Waals surface area contributed by atoms with Gasteiger partial charge in [0.2, 0.25) is 5.91 Å². The van der Waals surface area contributed by atoms with E-state index in [1.165, 1.54) is 24.2 Å². The first-order chi connectivity index (χ1) is 9.58. The number of esters is 1. The molecule has 0 aliphatic carbocycles. The van der Waals surface area contributed by atoms with Crippen molar-refractivity contribution in [3.8, 4) is 0 Å². The van der Waals surface area contributed by atoms with Crippen LogP contribution in [-0.4, -0.2) is 40.4 Å². The van der Waals surface area contributed by atoms with E-state index in [-0.39, 0.29) is 31.0 Å². The number of methoxy groups -OCH3 is 1. The number of nitrogens with zero attached hydrogens (tertiary/aromatic N) is 3. The van der Waals surface area contributed by atoms with E-state index in [9.17, 15) is 14.4 Å². The van der Waals surface area contributed by atoms with Crippen molar-refractivity contribution < 1.29 is 19.1 Å². The molecule has 1 aliphatic heterocycles. The first-order valence-electron chi connectivity index (χ1n) is 5.84. The van der Waals surface area contributed by atoms with Gasteiger partial charge in [-0.05, 0) is 0 Å². The van der Waals surface area contributed by atoms with Gasteiger partial charge in [0.05, 0.1) is 19.0 Å². The number of rotatable bonds is 4. The molecule has 2 heterocycles. The Morgan fingerprint density at radius 3 is 2.95 bits per heavy atom. The van der Waals surface area contributed by atoms with E-state index in [1.807, 2.05) is 0 Å². The van der Waals surface area contributed by atoms with Crippen LogP contribution in [0.3, 0.4) is 0 Å². The van der Waals surface area contributed by atoms with Gasteiger partial charge in [-0.1, -0.05) is 0 Å². The van der Waals surface area contributed by atoms with E-state index in [4.69, 9.17) is 0 Å². The van der Waals surface area contributed by atoms with Gasteiger partial charge >= 0.3 is 5.97 Å². The number of aromatic nitrogens is 2. The number of anilines is 1. The van der Waals surface area contributed by atoms with Crippen LogP contribution in [0.1, 0.15) is 12.8 Å². The highest BCUT2D eigenvalue weighted by Gasteiger charge is 2.18. The van der Waals surface area contributed by atoms with Gasteiger partial charge in [-0.3, -0.25) is 19.1 Å². The van der Waals surface area contributed by atoms with E-state index in [2.05, 4.69) is 25.7 Å². The number of hydrazone groups is 1. The average molecular weight is 279 g/mol. The molecule has 1 aliphatic rings. The maximum absolute atomic E-state index is 11.8. The number of hydrogen-bond donors (Lipinski definition) is 2. The van der Waals surface area contributed by atoms with Crippen LogP contribution in [0.25, 0.3) is 0 Å². The summed E-state index contributed by atoms with van der Waals surface area (Å²) in [6.45, 7) is -0.0383. The summed E-state index contributed by atoms with van der Waals surface area (Å²) in [5, 5.41) is 10.2. The van der Waals surface area contributed by atoms with Gasteiger partial charge in [0.1, 0.15) is 12.3 Å². The molecule has 0 fully saturated rings. The van der Waals surface area contributed by atoms with Crippen molar-refractivity contribution in [2.75, 3.05) is 12.4 Å². The van der Waals surface area contributed by atoms with Gasteiger partial charge in [0.15, 0.2) is 0 Å². The Labute approximate surface area is 114 Å². The zero-order valence-corrected chi connectivity index (χ0v) is 10.8. The molecule has 0 radical (unpaired) electrons. The first kappa shape index (κ1) is 13.7. The summed E-state index contributed by atoms with van der Waals surface area (Å²) >= 11 is 0. The minimum Gasteiger partial charge on any atom is -0.468 e. The Balaban J connectivity index is 1.95. The van der Waals surface area contributed by atoms with E-state index in [1.54, 1.807) is 0 Å². The topological polar surface area (TPSA) is 115 Å². The SMILES string of the molecule is COC(=O)Cn1cc(NC(=O)C2=NNC(=O)CC2)cn1. The zero-order valence-electron chi connectivity index (χ0n) is 10.8. The third-order valence-electron chi connectivity index (χ3n) is 2.58. The predicted molar refractivity (Wildman–Crippen MR) is 67.7 cm³/mol. The largest absolute Gasteiger partial charge is 0.468 e. The molecule has 1 aromatic rings. The first-order valence-corrected chi connectivity index (χ1v) is 5.84. The summed E-state index contributed by atoms with van der Waals surface area (Å²) in [6, 6.07) is 0. The molecule has 0 aromatic carbocycles.